The summed E-state index contributed by atoms with van der Waals surface area (Å²) in [7, 11) is 3.42. The lowest BCUT2D eigenvalue weighted by Gasteiger charge is -2.15. The van der Waals surface area contributed by atoms with Gasteiger partial charge in [0, 0.05) is 31.3 Å². The first kappa shape index (κ1) is 16.7. The van der Waals surface area contributed by atoms with Crippen molar-refractivity contribution in [2.24, 2.45) is 0 Å². The van der Waals surface area contributed by atoms with Crippen molar-refractivity contribution in [3.63, 3.8) is 0 Å². The number of methoxy groups -OCH3 is 1. The third-order valence-corrected chi connectivity index (χ3v) is 4.02. The first-order valence-electron chi connectivity index (χ1n) is 8.07. The Morgan fingerprint density at radius 1 is 1.16 bits per heavy atom. The number of benzene rings is 2. The Kier molecular flexibility index (Phi) is 5.09. The van der Waals surface area contributed by atoms with Crippen LogP contribution in [0.2, 0.25) is 0 Å². The molecule has 25 heavy (non-hydrogen) atoms. The number of carbonyl (C=O) groups is 1. The molecule has 0 atom stereocenters. The van der Waals surface area contributed by atoms with E-state index in [-0.39, 0.29) is 5.91 Å². The van der Waals surface area contributed by atoms with E-state index in [4.69, 9.17) is 4.74 Å². The topological polar surface area (TPSA) is 42.4 Å². The zero-order chi connectivity index (χ0) is 17.6. The number of likely N-dealkylation sites (N-methyl/N-ethyl adjacent to an activating group) is 1. The predicted octanol–water partition coefficient (Wildman–Crippen LogP) is 3.92. The highest BCUT2D eigenvalue weighted by Gasteiger charge is 2.07. The fraction of sp³-hybridized carbons (Fsp3) is 0.143. The number of amides is 1. The number of carbonyl (C=O) groups excluding carboxylic acids is 1. The lowest BCUT2D eigenvalue weighted by atomic mass is 10.1. The molecular weight excluding hydrogens is 312 g/mol. The van der Waals surface area contributed by atoms with Crippen LogP contribution < -0.4 is 4.74 Å². The Hall–Kier alpha value is -3.14. The van der Waals surface area contributed by atoms with E-state index in [1.165, 1.54) is 0 Å². The number of fused-ring (bicyclic) bond motifs is 1. The summed E-state index contributed by atoms with van der Waals surface area (Å²) in [4.78, 5) is 18.4. The van der Waals surface area contributed by atoms with E-state index < -0.39 is 0 Å². The lowest BCUT2D eigenvalue weighted by Crippen LogP contribution is -2.24. The number of para-hydroxylation sites is 1. The van der Waals surface area contributed by atoms with Crippen molar-refractivity contribution >= 4 is 22.9 Å². The van der Waals surface area contributed by atoms with Gasteiger partial charge in [-0.2, -0.15) is 0 Å². The van der Waals surface area contributed by atoms with Crippen molar-refractivity contribution in [1.29, 1.82) is 0 Å². The second kappa shape index (κ2) is 7.62. The Labute approximate surface area is 147 Å². The maximum absolute atomic E-state index is 12.4. The molecule has 0 saturated heterocycles. The Bertz CT molecular complexity index is 913. The number of nitrogens with zero attached hydrogens (tertiary/aromatic N) is 2. The van der Waals surface area contributed by atoms with Crippen LogP contribution in [0.1, 0.15) is 11.1 Å². The molecule has 0 unspecified atom stereocenters. The van der Waals surface area contributed by atoms with Crippen molar-refractivity contribution < 1.29 is 9.53 Å². The van der Waals surface area contributed by atoms with E-state index in [0.29, 0.717) is 6.54 Å². The average molecular weight is 332 g/mol. The van der Waals surface area contributed by atoms with Crippen LogP contribution in [0.5, 0.6) is 5.75 Å². The fourth-order valence-corrected chi connectivity index (χ4v) is 2.67. The van der Waals surface area contributed by atoms with Crippen molar-refractivity contribution in [2.75, 3.05) is 14.2 Å². The van der Waals surface area contributed by atoms with Crippen molar-refractivity contribution in [2.45, 2.75) is 6.54 Å². The van der Waals surface area contributed by atoms with Crippen LogP contribution in [0.3, 0.4) is 0 Å². The number of aromatic nitrogens is 1. The summed E-state index contributed by atoms with van der Waals surface area (Å²) >= 11 is 0. The van der Waals surface area contributed by atoms with Gasteiger partial charge in [-0.25, -0.2) is 0 Å². The van der Waals surface area contributed by atoms with Gasteiger partial charge in [-0.1, -0.05) is 30.3 Å². The monoisotopic (exact) mass is 332 g/mol. The molecule has 4 heteroatoms. The molecule has 0 fully saturated rings. The molecule has 2 aromatic carbocycles. The van der Waals surface area contributed by atoms with Gasteiger partial charge in [0.25, 0.3) is 0 Å². The van der Waals surface area contributed by atoms with Crippen LogP contribution in [0.15, 0.2) is 66.9 Å². The summed E-state index contributed by atoms with van der Waals surface area (Å²) < 4.78 is 5.22. The van der Waals surface area contributed by atoms with Gasteiger partial charge in [0.15, 0.2) is 0 Å². The van der Waals surface area contributed by atoms with Gasteiger partial charge in [0.2, 0.25) is 5.91 Å². The molecule has 0 radical (unpaired) electrons. The van der Waals surface area contributed by atoms with Crippen LogP contribution in [-0.4, -0.2) is 29.9 Å². The number of hydrogen-bond acceptors (Lipinski definition) is 3. The summed E-state index contributed by atoms with van der Waals surface area (Å²) in [5.41, 5.74) is 2.92. The zero-order valence-electron chi connectivity index (χ0n) is 14.3. The van der Waals surface area contributed by atoms with Gasteiger partial charge in [0.05, 0.1) is 12.6 Å². The standard InChI is InChI=1S/C21H20N2O2/c1-23(15-16-6-5-7-18(14-16)25-2)21(24)11-10-17-12-13-22-20-9-4-3-8-19(17)20/h3-14H,15H2,1-2H3. The van der Waals surface area contributed by atoms with Gasteiger partial charge >= 0.3 is 0 Å². The first-order chi connectivity index (χ1) is 12.2. The van der Waals surface area contributed by atoms with Crippen LogP contribution >= 0.6 is 0 Å². The maximum atomic E-state index is 12.4. The molecule has 3 rings (SSSR count). The molecular formula is C21H20N2O2. The smallest absolute Gasteiger partial charge is 0.246 e. The van der Waals surface area contributed by atoms with Crippen molar-refractivity contribution in [3.8, 4) is 5.75 Å². The summed E-state index contributed by atoms with van der Waals surface area (Å²) in [5, 5.41) is 1.03. The Morgan fingerprint density at radius 3 is 2.84 bits per heavy atom. The highest BCUT2D eigenvalue weighted by Crippen LogP contribution is 2.18. The highest BCUT2D eigenvalue weighted by atomic mass is 16.5. The van der Waals surface area contributed by atoms with E-state index in [1.54, 1.807) is 31.3 Å². The molecule has 126 valence electrons. The SMILES string of the molecule is COc1cccc(CN(C)C(=O)C=Cc2ccnc3ccccc23)c1. The number of hydrogen-bond donors (Lipinski definition) is 0. The molecule has 0 aliphatic rings. The van der Waals surface area contributed by atoms with E-state index in [2.05, 4.69) is 4.98 Å². The molecule has 1 heterocycles. The minimum Gasteiger partial charge on any atom is -0.497 e. The lowest BCUT2D eigenvalue weighted by molar-refractivity contribution is -0.125. The normalized spacial score (nSPS) is 11.0. The van der Waals surface area contributed by atoms with Crippen LogP contribution in [0.25, 0.3) is 17.0 Å². The number of rotatable bonds is 5. The highest BCUT2D eigenvalue weighted by molar-refractivity contribution is 5.95. The van der Waals surface area contributed by atoms with E-state index in [0.717, 1.165) is 27.8 Å². The summed E-state index contributed by atoms with van der Waals surface area (Å²) in [6, 6.07) is 17.5. The van der Waals surface area contributed by atoms with Crippen LogP contribution in [-0.2, 0) is 11.3 Å². The largest absolute Gasteiger partial charge is 0.497 e. The molecule has 0 saturated carbocycles. The third kappa shape index (κ3) is 4.04. The molecule has 4 nitrogen and oxygen atoms in total. The Balaban J connectivity index is 1.73. The molecule has 1 aromatic heterocycles. The van der Waals surface area contributed by atoms with Gasteiger partial charge in [0.1, 0.15) is 5.75 Å². The molecule has 0 N–H and O–H groups in total. The maximum Gasteiger partial charge on any atom is 0.246 e. The molecule has 1 amide bonds. The fourth-order valence-electron chi connectivity index (χ4n) is 2.67. The molecule has 3 aromatic rings. The first-order valence-corrected chi connectivity index (χ1v) is 8.07. The van der Waals surface area contributed by atoms with E-state index >= 15 is 0 Å². The Morgan fingerprint density at radius 2 is 2.00 bits per heavy atom. The molecule has 0 bridgehead atoms. The summed E-state index contributed by atoms with van der Waals surface area (Å²) in [6.45, 7) is 0.525. The van der Waals surface area contributed by atoms with Crippen molar-refractivity contribution in [1.82, 2.24) is 9.88 Å². The van der Waals surface area contributed by atoms with Gasteiger partial charge < -0.3 is 9.64 Å². The van der Waals surface area contributed by atoms with Crippen molar-refractivity contribution in [3.05, 3.63) is 78.0 Å². The number of ether oxygens (including phenoxy) is 1. The van der Waals surface area contributed by atoms with Gasteiger partial charge in [-0.15, -0.1) is 0 Å². The third-order valence-electron chi connectivity index (χ3n) is 4.02. The molecule has 0 aliphatic carbocycles. The quantitative estimate of drug-likeness (QED) is 0.665. The van der Waals surface area contributed by atoms with Gasteiger partial charge in [-0.05, 0) is 41.5 Å². The number of pyridine rings is 1. The molecule has 0 spiro atoms. The van der Waals surface area contributed by atoms with Gasteiger partial charge in [-0.3, -0.25) is 9.78 Å². The summed E-state index contributed by atoms with van der Waals surface area (Å²) in [5.74, 6) is 0.737. The predicted molar refractivity (Wildman–Crippen MR) is 100 cm³/mol. The van der Waals surface area contributed by atoms with E-state index in [9.17, 15) is 4.79 Å². The molecule has 0 aliphatic heterocycles. The van der Waals surface area contributed by atoms with Crippen LogP contribution in [0.4, 0.5) is 0 Å². The minimum atomic E-state index is -0.0521. The zero-order valence-corrected chi connectivity index (χ0v) is 14.3. The summed E-state index contributed by atoms with van der Waals surface area (Å²) in [6.07, 6.45) is 5.20. The van der Waals surface area contributed by atoms with E-state index in [1.807, 2.05) is 60.7 Å². The second-order valence-electron chi connectivity index (χ2n) is 5.80. The minimum absolute atomic E-state index is 0.0521. The van der Waals surface area contributed by atoms with Crippen LogP contribution in [0, 0.1) is 0 Å². The average Bonchev–Trinajstić information content (AvgIpc) is 2.66. The second-order valence-corrected chi connectivity index (χ2v) is 5.80.